The fourth-order valence-electron chi connectivity index (χ4n) is 1.87. The van der Waals surface area contributed by atoms with Crippen LogP contribution < -0.4 is 10.9 Å². The highest BCUT2D eigenvalue weighted by Crippen LogP contribution is 2.12. The van der Waals surface area contributed by atoms with Crippen LogP contribution in [0.5, 0.6) is 0 Å². The van der Waals surface area contributed by atoms with Crippen molar-refractivity contribution in [2.75, 3.05) is 6.54 Å². The van der Waals surface area contributed by atoms with Gasteiger partial charge in [-0.1, -0.05) is 5.21 Å². The van der Waals surface area contributed by atoms with Gasteiger partial charge in [0.15, 0.2) is 5.69 Å². The van der Waals surface area contributed by atoms with E-state index in [1.807, 2.05) is 11.4 Å². The predicted octanol–water partition coefficient (Wildman–Crippen LogP) is 0.0165. The number of carbonyl (C=O) groups is 1. The molecule has 0 fully saturated rings. The number of amides is 1. The highest BCUT2D eigenvalue weighted by molar-refractivity contribution is 7.17. The van der Waals surface area contributed by atoms with Crippen molar-refractivity contribution >= 4 is 27.5 Å². The largest absolute Gasteiger partial charge is 0.349 e. The highest BCUT2D eigenvalue weighted by Gasteiger charge is 2.09. The molecule has 1 amide bonds. The lowest BCUT2D eigenvalue weighted by Gasteiger charge is -2.05. The Morgan fingerprint density at radius 1 is 1.48 bits per heavy atom. The van der Waals surface area contributed by atoms with Gasteiger partial charge in [0.2, 0.25) is 0 Å². The van der Waals surface area contributed by atoms with E-state index in [9.17, 15) is 9.59 Å². The van der Waals surface area contributed by atoms with E-state index in [4.69, 9.17) is 0 Å². The molecule has 0 aliphatic carbocycles. The molecule has 0 aliphatic rings. The van der Waals surface area contributed by atoms with Crippen LogP contribution in [0, 0.1) is 0 Å². The van der Waals surface area contributed by atoms with Gasteiger partial charge in [0, 0.05) is 20.1 Å². The molecule has 0 atom stereocenters. The van der Waals surface area contributed by atoms with Crippen molar-refractivity contribution in [1.29, 1.82) is 0 Å². The molecule has 8 nitrogen and oxygen atoms in total. The predicted molar refractivity (Wildman–Crippen MR) is 77.2 cm³/mol. The number of hydrogen-bond donors (Lipinski definition) is 1. The molecule has 9 heteroatoms. The van der Waals surface area contributed by atoms with Gasteiger partial charge in [0.1, 0.15) is 4.70 Å². The van der Waals surface area contributed by atoms with Crippen molar-refractivity contribution in [2.24, 2.45) is 7.05 Å². The van der Waals surface area contributed by atoms with E-state index in [0.717, 1.165) is 0 Å². The summed E-state index contributed by atoms with van der Waals surface area (Å²) in [7, 11) is 1.69. The lowest BCUT2D eigenvalue weighted by Crippen LogP contribution is -2.31. The number of nitrogens with zero attached hydrogens (tertiary/aromatic N) is 5. The molecule has 3 aromatic rings. The summed E-state index contributed by atoms with van der Waals surface area (Å²) in [6.07, 6.45) is 3.02. The molecule has 3 heterocycles. The molecule has 108 valence electrons. The maximum atomic E-state index is 12.1. The third kappa shape index (κ3) is 2.68. The summed E-state index contributed by atoms with van der Waals surface area (Å²) in [5, 5.41) is 11.9. The van der Waals surface area contributed by atoms with E-state index in [2.05, 4.69) is 20.6 Å². The Morgan fingerprint density at radius 2 is 2.33 bits per heavy atom. The van der Waals surface area contributed by atoms with Crippen molar-refractivity contribution in [3.05, 3.63) is 40.0 Å². The average molecular weight is 304 g/mol. The molecule has 0 radical (unpaired) electrons. The molecule has 3 rings (SSSR count). The van der Waals surface area contributed by atoms with Crippen LogP contribution in [-0.4, -0.2) is 37.0 Å². The molecule has 0 bridgehead atoms. The van der Waals surface area contributed by atoms with Gasteiger partial charge in [0.25, 0.3) is 11.5 Å². The molecule has 1 N–H and O–H groups in total. The number of carbonyl (C=O) groups excluding carboxylic acids is 1. The van der Waals surface area contributed by atoms with Gasteiger partial charge in [-0.15, -0.1) is 16.4 Å². The lowest BCUT2D eigenvalue weighted by atomic mass is 10.4. The van der Waals surface area contributed by atoms with Gasteiger partial charge in [0.05, 0.1) is 18.0 Å². The lowest BCUT2D eigenvalue weighted by molar-refractivity contribution is 0.0947. The maximum Gasteiger partial charge on any atom is 0.273 e. The van der Waals surface area contributed by atoms with Crippen molar-refractivity contribution in [3.63, 3.8) is 0 Å². The highest BCUT2D eigenvalue weighted by atomic mass is 32.1. The topological polar surface area (TPSA) is 94.7 Å². The second kappa shape index (κ2) is 5.44. The first-order valence-electron chi connectivity index (χ1n) is 6.22. The third-order valence-electron chi connectivity index (χ3n) is 2.91. The van der Waals surface area contributed by atoms with Gasteiger partial charge in [-0.3, -0.25) is 18.8 Å². The van der Waals surface area contributed by atoms with Gasteiger partial charge in [-0.05, 0) is 11.4 Å². The van der Waals surface area contributed by atoms with Crippen LogP contribution in [0.4, 0.5) is 0 Å². The van der Waals surface area contributed by atoms with Crippen molar-refractivity contribution < 1.29 is 4.79 Å². The summed E-state index contributed by atoms with van der Waals surface area (Å²) in [5.74, 6) is -0.318. The molecule has 0 saturated heterocycles. The fourth-order valence-corrected chi connectivity index (χ4v) is 2.66. The summed E-state index contributed by atoms with van der Waals surface area (Å²) in [6, 6.07) is 1.81. The Hall–Kier alpha value is -2.55. The molecular formula is C12H12N6O2S. The van der Waals surface area contributed by atoms with Crippen molar-refractivity contribution in [1.82, 2.24) is 29.9 Å². The minimum absolute atomic E-state index is 0.0937. The minimum Gasteiger partial charge on any atom is -0.349 e. The van der Waals surface area contributed by atoms with Crippen LogP contribution in [0.2, 0.25) is 0 Å². The van der Waals surface area contributed by atoms with Crippen LogP contribution in [0.1, 0.15) is 10.5 Å². The Labute approximate surface area is 123 Å². The second-order valence-corrected chi connectivity index (χ2v) is 5.33. The van der Waals surface area contributed by atoms with Crippen LogP contribution in [0.25, 0.3) is 10.2 Å². The number of aryl methyl sites for hydroxylation is 1. The van der Waals surface area contributed by atoms with E-state index < -0.39 is 0 Å². The molecule has 0 saturated carbocycles. The third-order valence-corrected chi connectivity index (χ3v) is 3.80. The summed E-state index contributed by atoms with van der Waals surface area (Å²) >= 11 is 1.36. The smallest absolute Gasteiger partial charge is 0.273 e. The zero-order valence-corrected chi connectivity index (χ0v) is 12.0. The molecule has 0 spiro atoms. The molecule has 3 aromatic heterocycles. The number of fused-ring (bicyclic) bond motifs is 1. The second-order valence-electron chi connectivity index (χ2n) is 4.41. The monoisotopic (exact) mass is 304 g/mol. The Bertz CT molecular complexity index is 849. The van der Waals surface area contributed by atoms with E-state index in [-0.39, 0.29) is 17.2 Å². The van der Waals surface area contributed by atoms with Crippen LogP contribution >= 0.6 is 11.3 Å². The van der Waals surface area contributed by atoms with Gasteiger partial charge >= 0.3 is 0 Å². The number of thiophene rings is 1. The zero-order valence-electron chi connectivity index (χ0n) is 11.2. The summed E-state index contributed by atoms with van der Waals surface area (Å²) < 4.78 is 3.56. The van der Waals surface area contributed by atoms with E-state index in [0.29, 0.717) is 23.3 Å². The van der Waals surface area contributed by atoms with Gasteiger partial charge in [-0.25, -0.2) is 4.98 Å². The SMILES string of the molecule is Cn1cc(C(=O)NCCn2cnc3ccsc3c2=O)nn1. The van der Waals surface area contributed by atoms with E-state index >= 15 is 0 Å². The minimum atomic E-state index is -0.318. The summed E-state index contributed by atoms with van der Waals surface area (Å²) in [4.78, 5) is 28.1. The Morgan fingerprint density at radius 3 is 3.10 bits per heavy atom. The number of aromatic nitrogens is 5. The zero-order chi connectivity index (χ0) is 14.8. The fraction of sp³-hybridized carbons (Fsp3) is 0.250. The molecule has 21 heavy (non-hydrogen) atoms. The van der Waals surface area contributed by atoms with Gasteiger partial charge in [-0.2, -0.15) is 0 Å². The Kier molecular flexibility index (Phi) is 3.48. The van der Waals surface area contributed by atoms with Gasteiger partial charge < -0.3 is 5.32 Å². The van der Waals surface area contributed by atoms with Crippen molar-refractivity contribution in [2.45, 2.75) is 6.54 Å². The van der Waals surface area contributed by atoms with Crippen LogP contribution in [0.15, 0.2) is 28.8 Å². The standard InChI is InChI=1S/C12H12N6O2S/c1-17-6-9(15-16-17)11(19)13-3-4-18-7-14-8-2-5-21-10(8)12(18)20/h2,5-7H,3-4H2,1H3,(H,13,19). The van der Waals surface area contributed by atoms with Crippen LogP contribution in [0.3, 0.4) is 0 Å². The quantitative estimate of drug-likeness (QED) is 0.733. The first-order chi connectivity index (χ1) is 10.1. The normalized spacial score (nSPS) is 10.9. The molecular weight excluding hydrogens is 292 g/mol. The van der Waals surface area contributed by atoms with Crippen LogP contribution in [-0.2, 0) is 13.6 Å². The number of nitrogens with one attached hydrogen (secondary N) is 1. The van der Waals surface area contributed by atoms with Crippen molar-refractivity contribution in [3.8, 4) is 0 Å². The summed E-state index contributed by atoms with van der Waals surface area (Å²) in [5.41, 5.74) is 0.852. The average Bonchev–Trinajstić information content (AvgIpc) is 3.10. The Balaban J connectivity index is 1.65. The van der Waals surface area contributed by atoms with E-state index in [1.165, 1.54) is 33.1 Å². The first kappa shape index (κ1) is 13.4. The molecule has 0 aliphatic heterocycles. The maximum absolute atomic E-state index is 12.1. The number of rotatable bonds is 4. The molecule has 0 aromatic carbocycles. The first-order valence-corrected chi connectivity index (χ1v) is 7.10. The van der Waals surface area contributed by atoms with E-state index in [1.54, 1.807) is 7.05 Å². The number of hydrogen-bond acceptors (Lipinski definition) is 6. The molecule has 0 unspecified atom stereocenters. The summed E-state index contributed by atoms with van der Waals surface area (Å²) in [6.45, 7) is 0.666.